The fourth-order valence-corrected chi connectivity index (χ4v) is 3.20. The molecule has 2 atom stereocenters. The van der Waals surface area contributed by atoms with Gasteiger partial charge >= 0.3 is 0 Å². The number of hydrogen-bond acceptors (Lipinski definition) is 5. The van der Waals surface area contributed by atoms with Gasteiger partial charge in [0.1, 0.15) is 6.04 Å². The Morgan fingerprint density at radius 2 is 2.09 bits per heavy atom. The quantitative estimate of drug-likeness (QED) is 0.807. The summed E-state index contributed by atoms with van der Waals surface area (Å²) in [5, 5.41) is 9.77. The normalized spacial score (nSPS) is 20.7. The first-order valence-electron chi connectivity index (χ1n) is 8.29. The van der Waals surface area contributed by atoms with Crippen molar-refractivity contribution in [3.05, 3.63) is 23.8 Å². The maximum absolute atomic E-state index is 9.77. The predicted molar refractivity (Wildman–Crippen MR) is 90.8 cm³/mol. The summed E-state index contributed by atoms with van der Waals surface area (Å²) in [4.78, 5) is 4.65. The fraction of sp³-hybridized carbons (Fsp3) is 0.611. The number of nitriles is 1. The molecule has 5 nitrogen and oxygen atoms in total. The van der Waals surface area contributed by atoms with E-state index in [0.717, 1.165) is 37.4 Å². The molecular formula is C18H27N3O2. The highest BCUT2D eigenvalue weighted by Gasteiger charge is 2.31. The molecule has 2 rings (SSSR count). The Morgan fingerprint density at radius 3 is 2.70 bits per heavy atom. The average molecular weight is 317 g/mol. The van der Waals surface area contributed by atoms with E-state index in [1.807, 2.05) is 25.1 Å². The van der Waals surface area contributed by atoms with E-state index in [0.29, 0.717) is 18.4 Å². The van der Waals surface area contributed by atoms with Crippen molar-refractivity contribution in [2.45, 2.75) is 32.4 Å². The number of rotatable bonds is 6. The number of piperazine rings is 1. The van der Waals surface area contributed by atoms with Crippen molar-refractivity contribution in [2.75, 3.05) is 40.4 Å². The van der Waals surface area contributed by atoms with E-state index in [9.17, 15) is 5.26 Å². The van der Waals surface area contributed by atoms with Crippen LogP contribution in [0.4, 0.5) is 0 Å². The zero-order valence-corrected chi connectivity index (χ0v) is 14.6. The van der Waals surface area contributed by atoms with Crippen molar-refractivity contribution in [2.24, 2.45) is 0 Å². The van der Waals surface area contributed by atoms with Crippen LogP contribution in [0.3, 0.4) is 0 Å². The second kappa shape index (κ2) is 8.19. The Morgan fingerprint density at radius 1 is 1.30 bits per heavy atom. The van der Waals surface area contributed by atoms with Crippen LogP contribution in [-0.2, 0) is 0 Å². The van der Waals surface area contributed by atoms with Crippen molar-refractivity contribution in [3.8, 4) is 17.6 Å². The second-order valence-electron chi connectivity index (χ2n) is 5.94. The third-order valence-corrected chi connectivity index (χ3v) is 4.46. The van der Waals surface area contributed by atoms with Gasteiger partial charge in [-0.2, -0.15) is 5.26 Å². The van der Waals surface area contributed by atoms with Crippen LogP contribution in [0.25, 0.3) is 0 Å². The fourth-order valence-electron chi connectivity index (χ4n) is 3.20. The summed E-state index contributed by atoms with van der Waals surface area (Å²) in [5.74, 6) is 1.41. The van der Waals surface area contributed by atoms with Gasteiger partial charge in [0.25, 0.3) is 0 Å². The average Bonchev–Trinajstić information content (AvgIpc) is 2.57. The molecular weight excluding hydrogens is 290 g/mol. The van der Waals surface area contributed by atoms with Crippen LogP contribution in [0.2, 0.25) is 0 Å². The van der Waals surface area contributed by atoms with E-state index >= 15 is 0 Å². The Hall–Kier alpha value is -1.77. The van der Waals surface area contributed by atoms with Crippen LogP contribution < -0.4 is 9.47 Å². The lowest BCUT2D eigenvalue weighted by Crippen LogP contribution is -2.52. The molecule has 0 radical (unpaired) electrons. The molecule has 0 bridgehead atoms. The van der Waals surface area contributed by atoms with E-state index in [2.05, 4.69) is 29.8 Å². The topological polar surface area (TPSA) is 48.7 Å². The highest BCUT2D eigenvalue weighted by atomic mass is 16.5. The standard InChI is InChI=1S/C18H27N3O2/c1-5-15-13-20(3)9-10-21(15)16(12-19)14-7-8-17(23-6-2)18(11-14)22-4/h7-8,11,15-16H,5-6,9-10,13H2,1-4H3. The van der Waals surface area contributed by atoms with Gasteiger partial charge in [-0.1, -0.05) is 13.0 Å². The van der Waals surface area contributed by atoms with Gasteiger partial charge in [-0.25, -0.2) is 0 Å². The van der Waals surface area contributed by atoms with Gasteiger partial charge in [-0.05, 0) is 38.1 Å². The lowest BCUT2D eigenvalue weighted by molar-refractivity contribution is 0.0675. The predicted octanol–water partition coefficient (Wildman–Crippen LogP) is 2.68. The first-order chi connectivity index (χ1) is 11.1. The minimum Gasteiger partial charge on any atom is -0.493 e. The summed E-state index contributed by atoms with van der Waals surface area (Å²) in [6.07, 6.45) is 1.04. The van der Waals surface area contributed by atoms with Crippen LogP contribution in [0.1, 0.15) is 31.9 Å². The molecule has 5 heteroatoms. The highest BCUT2D eigenvalue weighted by Crippen LogP contribution is 2.33. The number of likely N-dealkylation sites (N-methyl/N-ethyl adjacent to an activating group) is 1. The smallest absolute Gasteiger partial charge is 0.161 e. The zero-order valence-electron chi connectivity index (χ0n) is 14.6. The van der Waals surface area contributed by atoms with Crippen LogP contribution in [0, 0.1) is 11.3 Å². The van der Waals surface area contributed by atoms with Crippen LogP contribution >= 0.6 is 0 Å². The van der Waals surface area contributed by atoms with Crippen LogP contribution in [0.5, 0.6) is 11.5 Å². The number of hydrogen-bond donors (Lipinski definition) is 0. The summed E-state index contributed by atoms with van der Waals surface area (Å²) in [7, 11) is 3.77. The van der Waals surface area contributed by atoms with Crippen molar-refractivity contribution in [1.29, 1.82) is 5.26 Å². The Kier molecular flexibility index (Phi) is 6.26. The van der Waals surface area contributed by atoms with Gasteiger partial charge in [-0.15, -0.1) is 0 Å². The van der Waals surface area contributed by atoms with E-state index in [1.54, 1.807) is 7.11 Å². The van der Waals surface area contributed by atoms with Gasteiger partial charge in [0.2, 0.25) is 0 Å². The molecule has 0 amide bonds. The first-order valence-corrected chi connectivity index (χ1v) is 8.29. The Labute approximate surface area is 139 Å². The van der Waals surface area contributed by atoms with Crippen molar-refractivity contribution in [3.63, 3.8) is 0 Å². The molecule has 1 aromatic carbocycles. The lowest BCUT2D eigenvalue weighted by Gasteiger charge is -2.42. The van der Waals surface area contributed by atoms with E-state index in [4.69, 9.17) is 9.47 Å². The van der Waals surface area contributed by atoms with Crippen LogP contribution in [0.15, 0.2) is 18.2 Å². The van der Waals surface area contributed by atoms with E-state index in [-0.39, 0.29) is 6.04 Å². The maximum atomic E-state index is 9.77. The molecule has 1 saturated heterocycles. The van der Waals surface area contributed by atoms with Gasteiger partial charge < -0.3 is 14.4 Å². The molecule has 23 heavy (non-hydrogen) atoms. The number of nitrogens with zero attached hydrogens (tertiary/aromatic N) is 3. The number of ether oxygens (including phenoxy) is 2. The molecule has 1 aromatic rings. The minimum absolute atomic E-state index is 0.252. The van der Waals surface area contributed by atoms with Crippen molar-refractivity contribution < 1.29 is 9.47 Å². The first kappa shape index (κ1) is 17.6. The second-order valence-corrected chi connectivity index (χ2v) is 5.94. The molecule has 1 aliphatic heterocycles. The van der Waals surface area contributed by atoms with Crippen molar-refractivity contribution >= 4 is 0 Å². The molecule has 1 aliphatic rings. The molecule has 0 aromatic heterocycles. The molecule has 1 fully saturated rings. The molecule has 1 heterocycles. The SMILES string of the molecule is CCOc1ccc(C(C#N)N2CCN(C)CC2CC)cc1OC. The zero-order chi connectivity index (χ0) is 16.8. The number of benzene rings is 1. The molecule has 0 saturated carbocycles. The summed E-state index contributed by atoms with van der Waals surface area (Å²) >= 11 is 0. The van der Waals surface area contributed by atoms with E-state index < -0.39 is 0 Å². The van der Waals surface area contributed by atoms with Gasteiger partial charge in [0.15, 0.2) is 11.5 Å². The summed E-state index contributed by atoms with van der Waals surface area (Å²) in [6.45, 7) is 7.62. The lowest BCUT2D eigenvalue weighted by atomic mass is 10.0. The molecule has 0 aliphatic carbocycles. The molecule has 126 valence electrons. The summed E-state index contributed by atoms with van der Waals surface area (Å²) in [6, 6.07) is 8.44. The van der Waals surface area contributed by atoms with Gasteiger partial charge in [-0.3, -0.25) is 4.90 Å². The monoisotopic (exact) mass is 317 g/mol. The van der Waals surface area contributed by atoms with Gasteiger partial charge in [0, 0.05) is 25.7 Å². The minimum atomic E-state index is -0.252. The Bertz CT molecular complexity index is 556. The molecule has 2 unspecified atom stereocenters. The Balaban J connectivity index is 2.28. The van der Waals surface area contributed by atoms with E-state index in [1.165, 1.54) is 0 Å². The highest BCUT2D eigenvalue weighted by molar-refractivity contribution is 5.45. The third-order valence-electron chi connectivity index (χ3n) is 4.46. The van der Waals surface area contributed by atoms with Gasteiger partial charge in [0.05, 0.1) is 19.8 Å². The third kappa shape index (κ3) is 3.95. The molecule has 0 N–H and O–H groups in total. The number of methoxy groups -OCH3 is 1. The van der Waals surface area contributed by atoms with Crippen LogP contribution in [-0.4, -0.2) is 56.2 Å². The largest absolute Gasteiger partial charge is 0.493 e. The maximum Gasteiger partial charge on any atom is 0.161 e. The summed E-state index contributed by atoms with van der Waals surface area (Å²) in [5.41, 5.74) is 0.968. The summed E-state index contributed by atoms with van der Waals surface area (Å²) < 4.78 is 11.0. The molecule has 0 spiro atoms. The van der Waals surface area contributed by atoms with Crippen molar-refractivity contribution in [1.82, 2.24) is 9.80 Å².